The monoisotopic (exact) mass is 332 g/mol. The van der Waals surface area contributed by atoms with Gasteiger partial charge in [0.1, 0.15) is 23.4 Å². The van der Waals surface area contributed by atoms with Gasteiger partial charge in [-0.1, -0.05) is 0 Å². The minimum Gasteiger partial charge on any atom is -0.460 e. The molecule has 128 valence electrons. The summed E-state index contributed by atoms with van der Waals surface area (Å²) in [6.07, 6.45) is -0.660. The van der Waals surface area contributed by atoms with Crippen molar-refractivity contribution in [3.63, 3.8) is 0 Å². The summed E-state index contributed by atoms with van der Waals surface area (Å²) in [5.74, 6) is 0.776. The van der Waals surface area contributed by atoms with E-state index in [1.165, 1.54) is 12.1 Å². The number of nitrogens with zero attached hydrogens (tertiary/aromatic N) is 1. The van der Waals surface area contributed by atoms with E-state index in [-0.39, 0.29) is 11.9 Å². The Kier molecular flexibility index (Phi) is 4.69. The molecule has 0 spiro atoms. The lowest BCUT2D eigenvalue weighted by atomic mass is 10.1. The predicted molar refractivity (Wildman–Crippen MR) is 87.6 cm³/mol. The number of aryl methyl sites for hydroxylation is 1. The zero-order chi connectivity index (χ0) is 17.3. The topological polar surface area (TPSA) is 68.7 Å². The first-order chi connectivity index (χ1) is 11.4. The lowest BCUT2D eigenvalue weighted by Crippen LogP contribution is -2.51. The SMILES string of the molecule is Cc1cc(F)ccc1-c1ccc(CN2C[C@@H](C)O[C@@H](C(N)=O)C2)o1. The van der Waals surface area contributed by atoms with Crippen LogP contribution in [-0.2, 0) is 16.1 Å². The van der Waals surface area contributed by atoms with Crippen LogP contribution in [0.1, 0.15) is 18.2 Å². The molecule has 24 heavy (non-hydrogen) atoms. The summed E-state index contributed by atoms with van der Waals surface area (Å²) in [5, 5.41) is 0. The molecular weight excluding hydrogens is 311 g/mol. The Balaban J connectivity index is 1.73. The molecule has 2 aromatic rings. The highest BCUT2D eigenvalue weighted by Gasteiger charge is 2.29. The molecule has 1 aliphatic heterocycles. The third kappa shape index (κ3) is 3.66. The molecule has 1 amide bonds. The van der Waals surface area contributed by atoms with Crippen molar-refractivity contribution in [2.75, 3.05) is 13.1 Å². The van der Waals surface area contributed by atoms with Crippen LogP contribution < -0.4 is 5.73 Å². The van der Waals surface area contributed by atoms with Crippen LogP contribution in [0.15, 0.2) is 34.7 Å². The van der Waals surface area contributed by atoms with Crippen LogP contribution in [0.5, 0.6) is 0 Å². The summed E-state index contributed by atoms with van der Waals surface area (Å²) in [5.41, 5.74) is 7.04. The molecule has 1 fully saturated rings. The van der Waals surface area contributed by atoms with E-state index in [1.807, 2.05) is 26.0 Å². The fraction of sp³-hybridized carbons (Fsp3) is 0.389. The van der Waals surface area contributed by atoms with E-state index in [4.69, 9.17) is 14.9 Å². The van der Waals surface area contributed by atoms with Gasteiger partial charge in [-0.3, -0.25) is 9.69 Å². The molecule has 2 N–H and O–H groups in total. The molecule has 5 nitrogen and oxygen atoms in total. The number of amides is 1. The number of furan rings is 1. The van der Waals surface area contributed by atoms with E-state index in [0.717, 1.165) is 16.9 Å². The van der Waals surface area contributed by atoms with Crippen molar-refractivity contribution in [2.45, 2.75) is 32.6 Å². The number of primary amides is 1. The Morgan fingerprint density at radius 2 is 2.12 bits per heavy atom. The minimum atomic E-state index is -0.595. The van der Waals surface area contributed by atoms with Crippen LogP contribution in [0.4, 0.5) is 4.39 Å². The Morgan fingerprint density at radius 3 is 2.83 bits per heavy atom. The maximum absolute atomic E-state index is 13.2. The Hall–Kier alpha value is -2.18. The predicted octanol–water partition coefficient (Wildman–Crippen LogP) is 2.47. The first-order valence-electron chi connectivity index (χ1n) is 7.94. The molecule has 0 aliphatic carbocycles. The normalized spacial score (nSPS) is 21.8. The first-order valence-corrected chi connectivity index (χ1v) is 7.94. The average molecular weight is 332 g/mol. The van der Waals surface area contributed by atoms with Gasteiger partial charge in [0.2, 0.25) is 5.91 Å². The number of ether oxygens (including phenoxy) is 1. The lowest BCUT2D eigenvalue weighted by molar-refractivity contribution is -0.143. The number of hydrogen-bond donors (Lipinski definition) is 1. The molecule has 3 rings (SSSR count). The van der Waals surface area contributed by atoms with Crippen LogP contribution >= 0.6 is 0 Å². The van der Waals surface area contributed by atoms with Crippen molar-refractivity contribution < 1.29 is 18.3 Å². The third-order valence-corrected chi connectivity index (χ3v) is 4.15. The highest BCUT2D eigenvalue weighted by molar-refractivity contribution is 5.79. The van der Waals surface area contributed by atoms with E-state index in [9.17, 15) is 9.18 Å². The summed E-state index contributed by atoms with van der Waals surface area (Å²) in [6, 6.07) is 8.40. The maximum atomic E-state index is 13.2. The molecule has 1 aliphatic rings. The highest BCUT2D eigenvalue weighted by Crippen LogP contribution is 2.27. The van der Waals surface area contributed by atoms with Gasteiger partial charge in [-0.25, -0.2) is 4.39 Å². The molecule has 0 saturated carbocycles. The summed E-state index contributed by atoms with van der Waals surface area (Å²) in [7, 11) is 0. The van der Waals surface area contributed by atoms with Gasteiger partial charge < -0.3 is 14.9 Å². The van der Waals surface area contributed by atoms with Gasteiger partial charge in [0, 0.05) is 18.7 Å². The standard InChI is InChI=1S/C18H21FN2O3/c1-11-7-13(19)3-5-15(11)16-6-4-14(24-16)9-21-8-12(2)23-17(10-21)18(20)22/h3-7,12,17H,8-10H2,1-2H3,(H2,20,22)/t12-,17-/m1/s1. The molecule has 1 aromatic carbocycles. The fourth-order valence-electron chi connectivity index (χ4n) is 3.06. The summed E-state index contributed by atoms with van der Waals surface area (Å²) in [6.45, 7) is 5.48. The number of benzene rings is 1. The third-order valence-electron chi connectivity index (χ3n) is 4.15. The van der Waals surface area contributed by atoms with Gasteiger partial charge in [-0.05, 0) is 49.7 Å². The molecule has 1 saturated heterocycles. The van der Waals surface area contributed by atoms with Crippen molar-refractivity contribution in [2.24, 2.45) is 5.73 Å². The second kappa shape index (κ2) is 6.75. The quantitative estimate of drug-likeness (QED) is 0.934. The maximum Gasteiger partial charge on any atom is 0.247 e. The zero-order valence-corrected chi connectivity index (χ0v) is 13.8. The largest absolute Gasteiger partial charge is 0.460 e. The number of halogens is 1. The molecule has 0 bridgehead atoms. The van der Waals surface area contributed by atoms with Crippen molar-refractivity contribution >= 4 is 5.91 Å². The summed E-state index contributed by atoms with van der Waals surface area (Å²) >= 11 is 0. The summed E-state index contributed by atoms with van der Waals surface area (Å²) in [4.78, 5) is 13.5. The molecule has 2 atom stereocenters. The number of hydrogen-bond acceptors (Lipinski definition) is 4. The lowest BCUT2D eigenvalue weighted by Gasteiger charge is -2.34. The smallest absolute Gasteiger partial charge is 0.247 e. The Labute approximate surface area is 140 Å². The number of morpholine rings is 1. The van der Waals surface area contributed by atoms with Gasteiger partial charge in [0.25, 0.3) is 0 Å². The Bertz CT molecular complexity index is 744. The second-order valence-corrected chi connectivity index (χ2v) is 6.26. The van der Waals surface area contributed by atoms with Crippen LogP contribution in [0.25, 0.3) is 11.3 Å². The van der Waals surface area contributed by atoms with E-state index >= 15 is 0 Å². The molecular formula is C18H21FN2O3. The van der Waals surface area contributed by atoms with Crippen molar-refractivity contribution in [3.8, 4) is 11.3 Å². The van der Waals surface area contributed by atoms with E-state index in [1.54, 1.807) is 6.07 Å². The van der Waals surface area contributed by atoms with Gasteiger partial charge in [-0.15, -0.1) is 0 Å². The van der Waals surface area contributed by atoms with Crippen molar-refractivity contribution in [3.05, 3.63) is 47.5 Å². The number of rotatable bonds is 4. The molecule has 1 aromatic heterocycles. The average Bonchev–Trinajstić information content (AvgIpc) is 2.94. The highest BCUT2D eigenvalue weighted by atomic mass is 19.1. The number of carbonyl (C=O) groups is 1. The van der Waals surface area contributed by atoms with Gasteiger partial charge >= 0.3 is 0 Å². The molecule has 6 heteroatoms. The van der Waals surface area contributed by atoms with Gasteiger partial charge in [0.05, 0.1) is 12.6 Å². The molecule has 2 heterocycles. The van der Waals surface area contributed by atoms with Crippen LogP contribution in [0.2, 0.25) is 0 Å². The Morgan fingerprint density at radius 1 is 1.33 bits per heavy atom. The van der Waals surface area contributed by atoms with E-state index < -0.39 is 12.0 Å². The van der Waals surface area contributed by atoms with E-state index in [0.29, 0.717) is 25.4 Å². The number of nitrogens with two attached hydrogens (primary N) is 1. The van der Waals surface area contributed by atoms with E-state index in [2.05, 4.69) is 4.90 Å². The second-order valence-electron chi connectivity index (χ2n) is 6.26. The summed E-state index contributed by atoms with van der Waals surface area (Å²) < 4.78 is 24.7. The van der Waals surface area contributed by atoms with Crippen molar-refractivity contribution in [1.29, 1.82) is 0 Å². The zero-order valence-electron chi connectivity index (χ0n) is 13.8. The van der Waals surface area contributed by atoms with Crippen LogP contribution in [0.3, 0.4) is 0 Å². The fourth-order valence-corrected chi connectivity index (χ4v) is 3.06. The first kappa shape index (κ1) is 16.7. The van der Waals surface area contributed by atoms with Crippen LogP contribution in [0, 0.1) is 12.7 Å². The van der Waals surface area contributed by atoms with Crippen molar-refractivity contribution in [1.82, 2.24) is 4.90 Å². The van der Waals surface area contributed by atoms with Gasteiger partial charge in [0.15, 0.2) is 0 Å². The minimum absolute atomic E-state index is 0.0648. The number of carbonyl (C=O) groups excluding carboxylic acids is 1. The molecule has 0 radical (unpaired) electrons. The van der Waals surface area contributed by atoms with Crippen LogP contribution in [-0.4, -0.2) is 36.1 Å². The molecule has 0 unspecified atom stereocenters. The van der Waals surface area contributed by atoms with Gasteiger partial charge in [-0.2, -0.15) is 0 Å².